The van der Waals surface area contributed by atoms with Gasteiger partial charge in [0.2, 0.25) is 0 Å². The van der Waals surface area contributed by atoms with E-state index in [0.29, 0.717) is 43.1 Å². The van der Waals surface area contributed by atoms with E-state index in [4.69, 9.17) is 13.9 Å². The first-order chi connectivity index (χ1) is 11.7. The SMILES string of the molecule is COc1ccc(OCCNC(=O)c2cc3c(o2)CCCC3=O)cc1. The molecule has 6 heteroatoms. The number of carbonyl (C=O) groups excluding carboxylic acids is 2. The van der Waals surface area contributed by atoms with E-state index in [0.717, 1.165) is 12.2 Å². The maximum atomic E-state index is 12.1. The highest BCUT2D eigenvalue weighted by molar-refractivity contribution is 6.01. The van der Waals surface area contributed by atoms with Crippen LogP contribution in [0.4, 0.5) is 0 Å². The average Bonchev–Trinajstić information content (AvgIpc) is 3.05. The van der Waals surface area contributed by atoms with Crippen LogP contribution in [0.2, 0.25) is 0 Å². The molecule has 0 spiro atoms. The smallest absolute Gasteiger partial charge is 0.287 e. The quantitative estimate of drug-likeness (QED) is 0.824. The van der Waals surface area contributed by atoms with Gasteiger partial charge in [0, 0.05) is 18.9 Å². The van der Waals surface area contributed by atoms with Gasteiger partial charge < -0.3 is 19.2 Å². The van der Waals surface area contributed by atoms with E-state index in [2.05, 4.69) is 5.32 Å². The zero-order chi connectivity index (χ0) is 16.9. The number of fused-ring (bicyclic) bond motifs is 1. The van der Waals surface area contributed by atoms with Crippen molar-refractivity contribution in [3.8, 4) is 11.5 Å². The predicted molar refractivity (Wildman–Crippen MR) is 86.8 cm³/mol. The van der Waals surface area contributed by atoms with Crippen LogP contribution in [0, 0.1) is 0 Å². The summed E-state index contributed by atoms with van der Waals surface area (Å²) >= 11 is 0. The Kier molecular flexibility index (Phi) is 4.84. The summed E-state index contributed by atoms with van der Waals surface area (Å²) in [6.07, 6.45) is 1.99. The van der Waals surface area contributed by atoms with Gasteiger partial charge in [0.1, 0.15) is 23.9 Å². The number of ether oxygens (including phenoxy) is 2. The van der Waals surface area contributed by atoms with E-state index < -0.39 is 0 Å². The second-order valence-corrected chi connectivity index (χ2v) is 5.50. The third kappa shape index (κ3) is 3.59. The van der Waals surface area contributed by atoms with E-state index in [1.54, 1.807) is 31.4 Å². The summed E-state index contributed by atoms with van der Waals surface area (Å²) in [5.41, 5.74) is 0.542. The standard InChI is InChI=1S/C18H19NO5/c1-22-12-5-7-13(8-6-12)23-10-9-19-18(21)17-11-14-15(20)3-2-4-16(14)24-17/h5-8,11H,2-4,9-10H2,1H3,(H,19,21). The number of Topliss-reactive ketones (excluding diaryl/α,β-unsaturated/α-hetero) is 1. The van der Waals surface area contributed by atoms with Crippen LogP contribution in [-0.4, -0.2) is 32.0 Å². The minimum Gasteiger partial charge on any atom is -0.497 e. The Morgan fingerprint density at radius 1 is 1.21 bits per heavy atom. The molecule has 3 rings (SSSR count). The molecule has 1 N–H and O–H groups in total. The second kappa shape index (κ2) is 7.21. The first-order valence-corrected chi connectivity index (χ1v) is 7.88. The number of carbonyl (C=O) groups is 2. The van der Waals surface area contributed by atoms with Gasteiger partial charge in [-0.15, -0.1) is 0 Å². The Labute approximate surface area is 139 Å². The maximum absolute atomic E-state index is 12.1. The van der Waals surface area contributed by atoms with Gasteiger partial charge in [0.25, 0.3) is 5.91 Å². The number of ketones is 1. The van der Waals surface area contributed by atoms with Crippen molar-refractivity contribution >= 4 is 11.7 Å². The van der Waals surface area contributed by atoms with E-state index in [1.807, 2.05) is 0 Å². The minimum atomic E-state index is -0.337. The molecule has 1 aromatic carbocycles. The molecule has 1 aliphatic rings. The van der Waals surface area contributed by atoms with Gasteiger partial charge in [-0.1, -0.05) is 0 Å². The number of benzene rings is 1. The molecule has 0 atom stereocenters. The summed E-state index contributed by atoms with van der Waals surface area (Å²) < 4.78 is 16.1. The lowest BCUT2D eigenvalue weighted by Crippen LogP contribution is -2.27. The van der Waals surface area contributed by atoms with Gasteiger partial charge in [0.15, 0.2) is 11.5 Å². The number of amides is 1. The van der Waals surface area contributed by atoms with Gasteiger partial charge in [-0.05, 0) is 30.7 Å². The Morgan fingerprint density at radius 2 is 1.96 bits per heavy atom. The van der Waals surface area contributed by atoms with E-state index in [9.17, 15) is 9.59 Å². The fraction of sp³-hybridized carbons (Fsp3) is 0.333. The number of rotatable bonds is 6. The van der Waals surface area contributed by atoms with Crippen molar-refractivity contribution in [3.63, 3.8) is 0 Å². The first kappa shape index (κ1) is 16.1. The van der Waals surface area contributed by atoms with Crippen molar-refractivity contribution < 1.29 is 23.5 Å². The number of aryl methyl sites for hydroxylation is 1. The summed E-state index contributed by atoms with van der Waals surface area (Å²) in [4.78, 5) is 23.8. The Bertz CT molecular complexity index is 732. The predicted octanol–water partition coefficient (Wildman–Crippen LogP) is 2.62. The molecule has 0 radical (unpaired) electrons. The molecule has 0 saturated carbocycles. The topological polar surface area (TPSA) is 77.8 Å². The summed E-state index contributed by atoms with van der Waals surface area (Å²) in [5.74, 6) is 1.96. The van der Waals surface area contributed by atoms with E-state index in [1.165, 1.54) is 6.07 Å². The zero-order valence-electron chi connectivity index (χ0n) is 13.5. The summed E-state index contributed by atoms with van der Waals surface area (Å²) in [7, 11) is 1.60. The van der Waals surface area contributed by atoms with Crippen LogP contribution in [0.3, 0.4) is 0 Å². The molecule has 0 saturated heterocycles. The Hall–Kier alpha value is -2.76. The molecule has 0 bridgehead atoms. The monoisotopic (exact) mass is 329 g/mol. The Morgan fingerprint density at radius 3 is 2.67 bits per heavy atom. The number of hydrogen-bond donors (Lipinski definition) is 1. The summed E-state index contributed by atoms with van der Waals surface area (Å²) in [6.45, 7) is 0.668. The van der Waals surface area contributed by atoms with Gasteiger partial charge in [-0.3, -0.25) is 9.59 Å². The van der Waals surface area contributed by atoms with E-state index >= 15 is 0 Å². The third-order valence-electron chi connectivity index (χ3n) is 3.86. The molecule has 126 valence electrons. The van der Waals surface area contributed by atoms with Gasteiger partial charge in [0.05, 0.1) is 19.2 Å². The fourth-order valence-corrected chi connectivity index (χ4v) is 2.60. The largest absolute Gasteiger partial charge is 0.497 e. The first-order valence-electron chi connectivity index (χ1n) is 7.88. The zero-order valence-corrected chi connectivity index (χ0v) is 13.5. The maximum Gasteiger partial charge on any atom is 0.287 e. The fourth-order valence-electron chi connectivity index (χ4n) is 2.60. The molecule has 6 nitrogen and oxygen atoms in total. The highest BCUT2D eigenvalue weighted by atomic mass is 16.5. The van der Waals surface area contributed by atoms with Crippen LogP contribution in [0.15, 0.2) is 34.7 Å². The van der Waals surface area contributed by atoms with Crippen LogP contribution in [0.1, 0.15) is 39.5 Å². The number of methoxy groups -OCH3 is 1. The molecular formula is C18H19NO5. The summed E-state index contributed by atoms with van der Waals surface area (Å²) in [6, 6.07) is 8.74. The molecule has 0 unspecified atom stereocenters. The van der Waals surface area contributed by atoms with Gasteiger partial charge in [-0.2, -0.15) is 0 Å². The molecule has 24 heavy (non-hydrogen) atoms. The van der Waals surface area contributed by atoms with Crippen molar-refractivity contribution in [2.24, 2.45) is 0 Å². The Balaban J connectivity index is 1.48. The van der Waals surface area contributed by atoms with Crippen LogP contribution in [0.25, 0.3) is 0 Å². The molecule has 1 aliphatic carbocycles. The highest BCUT2D eigenvalue weighted by Gasteiger charge is 2.24. The molecule has 0 fully saturated rings. The number of furan rings is 1. The molecular weight excluding hydrogens is 310 g/mol. The van der Waals surface area contributed by atoms with E-state index in [-0.39, 0.29) is 17.5 Å². The normalized spacial score (nSPS) is 13.3. The van der Waals surface area contributed by atoms with Crippen LogP contribution >= 0.6 is 0 Å². The molecule has 1 aromatic heterocycles. The molecule has 1 heterocycles. The highest BCUT2D eigenvalue weighted by Crippen LogP contribution is 2.24. The van der Waals surface area contributed by atoms with Gasteiger partial charge >= 0.3 is 0 Å². The lowest BCUT2D eigenvalue weighted by molar-refractivity contribution is 0.0914. The second-order valence-electron chi connectivity index (χ2n) is 5.50. The van der Waals surface area contributed by atoms with Crippen molar-refractivity contribution in [1.29, 1.82) is 0 Å². The van der Waals surface area contributed by atoms with Gasteiger partial charge in [-0.25, -0.2) is 0 Å². The molecule has 2 aromatic rings. The number of hydrogen-bond acceptors (Lipinski definition) is 5. The summed E-state index contributed by atoms with van der Waals surface area (Å²) in [5, 5.41) is 2.72. The number of nitrogens with one attached hydrogen (secondary N) is 1. The van der Waals surface area contributed by atoms with Crippen molar-refractivity contribution in [1.82, 2.24) is 5.32 Å². The molecule has 0 aliphatic heterocycles. The lowest BCUT2D eigenvalue weighted by Gasteiger charge is -2.07. The van der Waals surface area contributed by atoms with Crippen molar-refractivity contribution in [3.05, 3.63) is 47.4 Å². The van der Waals surface area contributed by atoms with Crippen molar-refractivity contribution in [2.45, 2.75) is 19.3 Å². The molecule has 1 amide bonds. The third-order valence-corrected chi connectivity index (χ3v) is 3.86. The average molecular weight is 329 g/mol. The van der Waals surface area contributed by atoms with Crippen molar-refractivity contribution in [2.75, 3.05) is 20.3 Å². The van der Waals surface area contributed by atoms with Crippen LogP contribution in [0.5, 0.6) is 11.5 Å². The van der Waals surface area contributed by atoms with Crippen LogP contribution in [-0.2, 0) is 6.42 Å². The lowest BCUT2D eigenvalue weighted by atomic mass is 9.97. The minimum absolute atomic E-state index is 0.0434. The van der Waals surface area contributed by atoms with Crippen LogP contribution < -0.4 is 14.8 Å².